The summed E-state index contributed by atoms with van der Waals surface area (Å²) in [7, 11) is 0. The maximum absolute atomic E-state index is 12.8. The molecule has 8 heteroatoms. The van der Waals surface area contributed by atoms with E-state index in [4.69, 9.17) is 9.15 Å². The Bertz CT molecular complexity index is 1130. The molecular formula is C25H31N3O5. The molecule has 4 rings (SSSR count). The van der Waals surface area contributed by atoms with Gasteiger partial charge in [0.25, 0.3) is 0 Å². The van der Waals surface area contributed by atoms with Crippen molar-refractivity contribution in [2.45, 2.75) is 57.3 Å². The lowest BCUT2D eigenvalue weighted by molar-refractivity contribution is -0.123. The molecule has 0 saturated carbocycles. The molecule has 1 saturated heterocycles. The van der Waals surface area contributed by atoms with Crippen LogP contribution >= 0.6 is 0 Å². The molecule has 3 N–H and O–H groups in total. The number of rotatable bonds is 9. The van der Waals surface area contributed by atoms with Crippen molar-refractivity contribution in [3.63, 3.8) is 0 Å². The second-order valence-electron chi connectivity index (χ2n) is 8.83. The molecule has 0 radical (unpaired) electrons. The first-order chi connectivity index (χ1) is 16.0. The van der Waals surface area contributed by atoms with E-state index in [1.807, 2.05) is 24.3 Å². The summed E-state index contributed by atoms with van der Waals surface area (Å²) in [6.07, 6.45) is 4.87. The van der Waals surface area contributed by atoms with Crippen LogP contribution < -0.4 is 10.7 Å². The molecule has 8 nitrogen and oxygen atoms in total. The van der Waals surface area contributed by atoms with Gasteiger partial charge in [0.05, 0.1) is 11.0 Å². The lowest BCUT2D eigenvalue weighted by Crippen LogP contribution is -2.40. The summed E-state index contributed by atoms with van der Waals surface area (Å²) in [6.45, 7) is 3.15. The van der Waals surface area contributed by atoms with Crippen LogP contribution in [-0.2, 0) is 21.4 Å². The van der Waals surface area contributed by atoms with Gasteiger partial charge in [-0.3, -0.25) is 9.59 Å². The zero-order valence-electron chi connectivity index (χ0n) is 19.0. The van der Waals surface area contributed by atoms with Crippen LogP contribution in [0.25, 0.3) is 11.0 Å². The first-order valence-electron chi connectivity index (χ1n) is 11.6. The molecule has 0 bridgehead atoms. The number of aromatic hydroxyl groups is 1. The molecule has 1 aliphatic rings. The Morgan fingerprint density at radius 2 is 2.00 bits per heavy atom. The number of hydrogen-bond acceptors (Lipinski definition) is 6. The summed E-state index contributed by atoms with van der Waals surface area (Å²) in [4.78, 5) is 32.8. The third-order valence-corrected chi connectivity index (χ3v) is 6.33. The van der Waals surface area contributed by atoms with Crippen molar-refractivity contribution in [3.05, 3.63) is 57.9 Å². The minimum atomic E-state index is -0.737. The summed E-state index contributed by atoms with van der Waals surface area (Å²) in [5.41, 5.74) is 0.817. The van der Waals surface area contributed by atoms with Gasteiger partial charge in [-0.15, -0.1) is 0 Å². The van der Waals surface area contributed by atoms with Crippen molar-refractivity contribution in [2.75, 3.05) is 19.8 Å². The third-order valence-electron chi connectivity index (χ3n) is 6.33. The van der Waals surface area contributed by atoms with Gasteiger partial charge in [0.2, 0.25) is 17.1 Å². The highest BCUT2D eigenvalue weighted by molar-refractivity contribution is 5.77. The average molecular weight is 454 g/mol. The van der Waals surface area contributed by atoms with Crippen LogP contribution in [0.2, 0.25) is 0 Å². The Morgan fingerprint density at radius 1 is 1.21 bits per heavy atom. The first-order valence-corrected chi connectivity index (χ1v) is 11.6. The zero-order chi connectivity index (χ0) is 23.3. The third kappa shape index (κ3) is 5.45. The minimum absolute atomic E-state index is 0.113. The number of imidazole rings is 1. The Morgan fingerprint density at radius 3 is 2.79 bits per heavy atom. The summed E-state index contributed by atoms with van der Waals surface area (Å²) in [5.74, 6) is 1.10. The Balaban J connectivity index is 1.27. The quantitative estimate of drug-likeness (QED) is 0.427. The monoisotopic (exact) mass is 453 g/mol. The van der Waals surface area contributed by atoms with Gasteiger partial charge in [-0.25, -0.2) is 4.98 Å². The molecule has 1 aliphatic heterocycles. The second kappa shape index (κ2) is 10.2. The summed E-state index contributed by atoms with van der Waals surface area (Å²) in [5, 5.41) is 13.4. The normalized spacial score (nSPS) is 15.5. The second-order valence-corrected chi connectivity index (χ2v) is 8.83. The Hall–Kier alpha value is -3.13. The van der Waals surface area contributed by atoms with E-state index in [0.717, 1.165) is 42.5 Å². The molecule has 1 aromatic carbocycles. The van der Waals surface area contributed by atoms with Crippen LogP contribution in [0.1, 0.15) is 55.9 Å². The van der Waals surface area contributed by atoms with E-state index >= 15 is 0 Å². The van der Waals surface area contributed by atoms with Crippen molar-refractivity contribution in [2.24, 2.45) is 0 Å². The number of ether oxygens (including phenoxy) is 1. The van der Waals surface area contributed by atoms with Crippen LogP contribution in [0, 0.1) is 6.92 Å². The smallest absolute Gasteiger partial charge is 0.227 e. The number of benzene rings is 1. The van der Waals surface area contributed by atoms with E-state index in [1.54, 1.807) is 6.92 Å². The SMILES string of the molecule is Cc1cc(=O)c(O)c(C2(CC(=O)NCCCCCc3nc4ccccc4[nH]3)CCOCC2)o1. The lowest BCUT2D eigenvalue weighted by Gasteiger charge is -2.35. The Kier molecular flexibility index (Phi) is 7.13. The number of amides is 1. The Labute approximate surface area is 192 Å². The number of nitrogens with one attached hydrogen (secondary N) is 2. The molecule has 0 atom stereocenters. The number of para-hydroxylation sites is 2. The number of carbonyl (C=O) groups excluding carboxylic acids is 1. The van der Waals surface area contributed by atoms with Crippen molar-refractivity contribution >= 4 is 16.9 Å². The standard InChI is InChI=1S/C25H31N3O5/c1-17-15-20(29)23(31)24(33-17)25(10-13-32-14-11-25)16-22(30)26-12-6-2-3-9-21-27-18-7-4-5-8-19(18)28-21/h4-5,7-8,15,31H,2-3,6,9-14,16H2,1H3,(H,26,30)(H,27,28). The first kappa shape index (κ1) is 23.0. The number of H-pyrrole nitrogens is 1. The van der Waals surface area contributed by atoms with Gasteiger partial charge >= 0.3 is 0 Å². The predicted octanol–water partition coefficient (Wildman–Crippen LogP) is 3.50. The molecule has 33 heavy (non-hydrogen) atoms. The molecular weight excluding hydrogens is 422 g/mol. The summed E-state index contributed by atoms with van der Waals surface area (Å²) < 4.78 is 11.2. The van der Waals surface area contributed by atoms with E-state index in [2.05, 4.69) is 15.3 Å². The number of fused-ring (bicyclic) bond motifs is 1. The molecule has 0 aliphatic carbocycles. The number of hydrogen-bond donors (Lipinski definition) is 3. The van der Waals surface area contributed by atoms with Gasteiger partial charge in [-0.05, 0) is 44.7 Å². The zero-order valence-corrected chi connectivity index (χ0v) is 19.0. The maximum atomic E-state index is 12.8. The van der Waals surface area contributed by atoms with E-state index < -0.39 is 16.6 Å². The van der Waals surface area contributed by atoms with Crippen LogP contribution in [0.5, 0.6) is 5.75 Å². The van der Waals surface area contributed by atoms with E-state index in [0.29, 0.717) is 38.4 Å². The summed E-state index contributed by atoms with van der Waals surface area (Å²) >= 11 is 0. The van der Waals surface area contributed by atoms with Gasteiger partial charge in [0.15, 0.2) is 5.76 Å². The van der Waals surface area contributed by atoms with Crippen LogP contribution in [0.15, 0.2) is 39.5 Å². The van der Waals surface area contributed by atoms with E-state index in [1.165, 1.54) is 6.07 Å². The average Bonchev–Trinajstić information content (AvgIpc) is 3.22. The molecule has 3 heterocycles. The molecule has 176 valence electrons. The molecule has 1 amide bonds. The number of unbranched alkanes of at least 4 members (excludes halogenated alkanes) is 2. The van der Waals surface area contributed by atoms with Crippen molar-refractivity contribution < 1.29 is 19.1 Å². The molecule has 2 aromatic heterocycles. The van der Waals surface area contributed by atoms with Crippen molar-refractivity contribution in [3.8, 4) is 5.75 Å². The number of aryl methyl sites for hydroxylation is 2. The highest BCUT2D eigenvalue weighted by Gasteiger charge is 2.41. The molecule has 0 unspecified atom stereocenters. The van der Waals surface area contributed by atoms with Gasteiger partial charge < -0.3 is 24.6 Å². The highest BCUT2D eigenvalue weighted by Crippen LogP contribution is 2.41. The summed E-state index contributed by atoms with van der Waals surface area (Å²) in [6, 6.07) is 9.25. The maximum Gasteiger partial charge on any atom is 0.227 e. The van der Waals surface area contributed by atoms with Crippen molar-refractivity contribution in [1.29, 1.82) is 0 Å². The van der Waals surface area contributed by atoms with Gasteiger partial charge in [0.1, 0.15) is 11.6 Å². The van der Waals surface area contributed by atoms with Crippen molar-refractivity contribution in [1.82, 2.24) is 15.3 Å². The molecule has 1 fully saturated rings. The lowest BCUT2D eigenvalue weighted by atomic mass is 9.74. The van der Waals surface area contributed by atoms with Crippen LogP contribution in [0.3, 0.4) is 0 Å². The number of aromatic amines is 1. The van der Waals surface area contributed by atoms with E-state index in [-0.39, 0.29) is 18.1 Å². The molecule has 3 aromatic rings. The van der Waals surface area contributed by atoms with Gasteiger partial charge in [-0.1, -0.05) is 18.6 Å². The number of carbonyl (C=O) groups is 1. The van der Waals surface area contributed by atoms with Crippen LogP contribution in [0.4, 0.5) is 0 Å². The van der Waals surface area contributed by atoms with Gasteiger partial charge in [0, 0.05) is 44.1 Å². The minimum Gasteiger partial charge on any atom is -0.502 e. The fourth-order valence-electron chi connectivity index (χ4n) is 4.53. The fraction of sp³-hybridized carbons (Fsp3) is 0.480. The number of nitrogens with zero attached hydrogens (tertiary/aromatic N) is 1. The van der Waals surface area contributed by atoms with Crippen LogP contribution in [-0.4, -0.2) is 40.7 Å². The molecule has 0 spiro atoms. The highest BCUT2D eigenvalue weighted by atomic mass is 16.5. The fourth-order valence-corrected chi connectivity index (χ4v) is 4.53. The van der Waals surface area contributed by atoms with Gasteiger partial charge in [-0.2, -0.15) is 0 Å². The predicted molar refractivity (Wildman–Crippen MR) is 124 cm³/mol. The van der Waals surface area contributed by atoms with E-state index in [9.17, 15) is 14.7 Å². The largest absolute Gasteiger partial charge is 0.502 e. The number of aromatic nitrogens is 2. The topological polar surface area (TPSA) is 117 Å².